The number of rotatable bonds is 15. The average molecular weight is 544 g/mol. The Hall–Kier alpha value is -3.45. The smallest absolute Gasteiger partial charge is 0.333 e. The lowest BCUT2D eigenvalue weighted by Crippen LogP contribution is -2.16. The third kappa shape index (κ3) is 21.2. The van der Waals surface area contributed by atoms with E-state index in [9.17, 15) is 14.4 Å². The SMILES string of the molecule is C=C(C(=O)OCCN)C(C)C.C=C(CC)C(=O)OCCCCCC.CCC(=CC=Cc1ccccc1)C(=O)O. The summed E-state index contributed by atoms with van der Waals surface area (Å²) in [5.41, 5.74) is 7.69. The molecule has 218 valence electrons. The molecule has 1 rings (SSSR count). The van der Waals surface area contributed by atoms with Gasteiger partial charge in [-0.05, 0) is 30.7 Å². The number of carboxylic acids is 1. The molecular weight excluding hydrogens is 494 g/mol. The molecule has 0 saturated heterocycles. The summed E-state index contributed by atoms with van der Waals surface area (Å²) in [5, 5.41) is 8.77. The van der Waals surface area contributed by atoms with Crippen molar-refractivity contribution in [2.45, 2.75) is 73.1 Å². The van der Waals surface area contributed by atoms with E-state index in [1.807, 2.05) is 64.1 Å². The molecule has 0 aliphatic heterocycles. The first-order valence-electron chi connectivity index (χ1n) is 13.6. The third-order valence-electron chi connectivity index (χ3n) is 5.30. The van der Waals surface area contributed by atoms with Gasteiger partial charge >= 0.3 is 17.9 Å². The van der Waals surface area contributed by atoms with Gasteiger partial charge in [0.25, 0.3) is 0 Å². The number of ether oxygens (including phenoxy) is 2. The second kappa shape index (κ2) is 24.9. The van der Waals surface area contributed by atoms with Crippen LogP contribution in [0.1, 0.15) is 78.7 Å². The number of aliphatic carboxylic acids is 1. The van der Waals surface area contributed by atoms with Gasteiger partial charge < -0.3 is 20.3 Å². The second-order valence-corrected chi connectivity index (χ2v) is 8.88. The van der Waals surface area contributed by atoms with E-state index in [1.165, 1.54) is 12.8 Å². The second-order valence-electron chi connectivity index (χ2n) is 8.88. The molecule has 0 spiro atoms. The van der Waals surface area contributed by atoms with Gasteiger partial charge in [0, 0.05) is 23.3 Å². The standard InChI is InChI=1S/C13H14O2.C11H20O2.C8H15NO2/c1-2-12(13(14)15)10-6-9-11-7-4-3-5-8-11;1-4-6-7-8-9-13-11(12)10(3)5-2;1-6(2)7(3)8(10)11-5-4-9/h3-10H,2H2,1H3,(H,14,15);3-9H2,1-2H3;6H,3-5,9H2,1-2H3. The summed E-state index contributed by atoms with van der Waals surface area (Å²) in [4.78, 5) is 32.7. The first-order chi connectivity index (χ1) is 18.5. The fourth-order valence-electron chi connectivity index (χ4n) is 2.60. The monoisotopic (exact) mass is 543 g/mol. The van der Waals surface area contributed by atoms with Crippen molar-refractivity contribution >= 4 is 24.0 Å². The molecular formula is C32H49NO6. The summed E-state index contributed by atoms with van der Waals surface area (Å²) in [6.45, 7) is 18.1. The lowest BCUT2D eigenvalue weighted by atomic mass is 10.1. The highest BCUT2D eigenvalue weighted by molar-refractivity contribution is 5.88. The van der Waals surface area contributed by atoms with Crippen molar-refractivity contribution < 1.29 is 29.0 Å². The topological polar surface area (TPSA) is 116 Å². The number of unbranched alkanes of at least 4 members (excludes halogenated alkanes) is 3. The van der Waals surface area contributed by atoms with Crippen LogP contribution in [-0.2, 0) is 23.9 Å². The highest BCUT2D eigenvalue weighted by Crippen LogP contribution is 2.08. The maximum atomic E-state index is 11.1. The fraction of sp³-hybridized carbons (Fsp3) is 0.469. The van der Waals surface area contributed by atoms with Crippen molar-refractivity contribution in [3.63, 3.8) is 0 Å². The highest BCUT2D eigenvalue weighted by Gasteiger charge is 2.10. The summed E-state index contributed by atoms with van der Waals surface area (Å²) in [6.07, 6.45) is 11.0. The summed E-state index contributed by atoms with van der Waals surface area (Å²) < 4.78 is 9.75. The molecule has 3 N–H and O–H groups in total. The largest absolute Gasteiger partial charge is 0.478 e. The summed E-state index contributed by atoms with van der Waals surface area (Å²) in [5.74, 6) is -1.29. The van der Waals surface area contributed by atoms with E-state index in [0.29, 0.717) is 42.7 Å². The number of allylic oxidation sites excluding steroid dienone is 2. The molecule has 1 aromatic carbocycles. The predicted octanol–water partition coefficient (Wildman–Crippen LogP) is 6.90. The van der Waals surface area contributed by atoms with Crippen LogP contribution >= 0.6 is 0 Å². The van der Waals surface area contributed by atoms with Gasteiger partial charge in [-0.3, -0.25) is 0 Å². The maximum Gasteiger partial charge on any atom is 0.333 e. The Morgan fingerprint density at radius 1 is 0.923 bits per heavy atom. The van der Waals surface area contributed by atoms with Crippen LogP contribution < -0.4 is 5.73 Å². The first-order valence-corrected chi connectivity index (χ1v) is 13.6. The third-order valence-corrected chi connectivity index (χ3v) is 5.30. The van der Waals surface area contributed by atoms with Gasteiger partial charge in [0.05, 0.1) is 6.61 Å². The molecule has 0 aliphatic rings. The number of esters is 2. The van der Waals surface area contributed by atoms with Crippen LogP contribution in [0.25, 0.3) is 6.08 Å². The Morgan fingerprint density at radius 3 is 2.03 bits per heavy atom. The van der Waals surface area contributed by atoms with Gasteiger partial charge in [-0.15, -0.1) is 0 Å². The molecule has 7 nitrogen and oxygen atoms in total. The molecule has 0 amide bonds. The van der Waals surface area contributed by atoms with Gasteiger partial charge in [-0.25, -0.2) is 14.4 Å². The Morgan fingerprint density at radius 2 is 1.54 bits per heavy atom. The van der Waals surface area contributed by atoms with Crippen LogP contribution in [0.5, 0.6) is 0 Å². The highest BCUT2D eigenvalue weighted by atomic mass is 16.5. The fourth-order valence-corrected chi connectivity index (χ4v) is 2.60. The van der Waals surface area contributed by atoms with Crippen molar-refractivity contribution in [2.24, 2.45) is 11.7 Å². The number of hydrogen-bond acceptors (Lipinski definition) is 6. The van der Waals surface area contributed by atoms with Gasteiger partial charge in [0.15, 0.2) is 0 Å². The number of carboxylic acid groups (broad SMARTS) is 1. The summed E-state index contributed by atoms with van der Waals surface area (Å²) in [6, 6.07) is 9.78. The van der Waals surface area contributed by atoms with Crippen molar-refractivity contribution in [1.29, 1.82) is 0 Å². The summed E-state index contributed by atoms with van der Waals surface area (Å²) in [7, 11) is 0. The Kier molecular flexibility index (Phi) is 24.0. The minimum Gasteiger partial charge on any atom is -0.478 e. The zero-order chi connectivity index (χ0) is 30.1. The van der Waals surface area contributed by atoms with Gasteiger partial charge in [0.1, 0.15) is 6.61 Å². The van der Waals surface area contributed by atoms with Crippen LogP contribution in [-0.4, -0.2) is 42.8 Å². The zero-order valence-electron chi connectivity index (χ0n) is 24.5. The molecule has 0 saturated carbocycles. The van der Waals surface area contributed by atoms with Crippen molar-refractivity contribution in [2.75, 3.05) is 19.8 Å². The molecule has 0 unspecified atom stereocenters. The Bertz CT molecular complexity index is 916. The van der Waals surface area contributed by atoms with E-state index < -0.39 is 5.97 Å². The molecule has 0 aliphatic carbocycles. The predicted molar refractivity (Wildman–Crippen MR) is 160 cm³/mol. The van der Waals surface area contributed by atoms with E-state index in [2.05, 4.69) is 20.1 Å². The number of hydrogen-bond donors (Lipinski definition) is 2. The van der Waals surface area contributed by atoms with Gasteiger partial charge in [-0.1, -0.05) is 116 Å². The van der Waals surface area contributed by atoms with Crippen LogP contribution in [0.4, 0.5) is 0 Å². The van der Waals surface area contributed by atoms with Crippen molar-refractivity contribution in [1.82, 2.24) is 0 Å². The van der Waals surface area contributed by atoms with Crippen molar-refractivity contribution in [3.05, 3.63) is 77.9 Å². The van der Waals surface area contributed by atoms with E-state index >= 15 is 0 Å². The van der Waals surface area contributed by atoms with Gasteiger partial charge in [-0.2, -0.15) is 0 Å². The molecule has 39 heavy (non-hydrogen) atoms. The van der Waals surface area contributed by atoms with Gasteiger partial charge in [0.2, 0.25) is 0 Å². The van der Waals surface area contributed by atoms with E-state index in [1.54, 1.807) is 12.2 Å². The lowest BCUT2D eigenvalue weighted by Gasteiger charge is -2.07. The minimum absolute atomic E-state index is 0.139. The molecule has 0 heterocycles. The Balaban J connectivity index is 0. The molecule has 0 atom stereocenters. The molecule has 7 heteroatoms. The number of benzene rings is 1. The van der Waals surface area contributed by atoms with Crippen LogP contribution in [0, 0.1) is 5.92 Å². The van der Waals surface area contributed by atoms with Crippen LogP contribution in [0.15, 0.2) is 72.4 Å². The molecule has 1 aromatic rings. The number of carbonyl (C=O) groups excluding carboxylic acids is 2. The quantitative estimate of drug-likeness (QED) is 0.107. The molecule has 0 radical (unpaired) electrons. The first kappa shape index (κ1) is 37.7. The van der Waals surface area contributed by atoms with E-state index in [-0.39, 0.29) is 24.5 Å². The number of nitrogens with two attached hydrogens (primary N) is 1. The molecule has 0 bridgehead atoms. The van der Waals surface area contributed by atoms with Crippen molar-refractivity contribution in [3.8, 4) is 0 Å². The normalized spacial score (nSPS) is 10.6. The van der Waals surface area contributed by atoms with E-state index in [4.69, 9.17) is 20.3 Å². The maximum absolute atomic E-state index is 11.1. The molecule has 0 aromatic heterocycles. The average Bonchev–Trinajstić information content (AvgIpc) is 2.93. The molecule has 0 fully saturated rings. The minimum atomic E-state index is -0.852. The number of carbonyl (C=O) groups is 3. The lowest BCUT2D eigenvalue weighted by molar-refractivity contribution is -0.140. The summed E-state index contributed by atoms with van der Waals surface area (Å²) >= 11 is 0. The Labute approximate surface area is 235 Å². The zero-order valence-corrected chi connectivity index (χ0v) is 24.5. The van der Waals surface area contributed by atoms with E-state index in [0.717, 1.165) is 18.4 Å². The van der Waals surface area contributed by atoms with Crippen LogP contribution in [0.2, 0.25) is 0 Å². The van der Waals surface area contributed by atoms with Crippen LogP contribution in [0.3, 0.4) is 0 Å².